The van der Waals surface area contributed by atoms with Crippen molar-refractivity contribution >= 4 is 11.6 Å². The summed E-state index contributed by atoms with van der Waals surface area (Å²) < 4.78 is 0. The molecule has 0 unspecified atom stereocenters. The lowest BCUT2D eigenvalue weighted by molar-refractivity contribution is 0.963. The van der Waals surface area contributed by atoms with Crippen LogP contribution in [-0.2, 0) is 6.54 Å². The number of aromatic nitrogens is 3. The smallest absolute Gasteiger partial charge is 0.131 e. The zero-order chi connectivity index (χ0) is 13.5. The van der Waals surface area contributed by atoms with Gasteiger partial charge in [0.2, 0.25) is 0 Å². The molecule has 2 rings (SSSR count). The van der Waals surface area contributed by atoms with E-state index in [0.717, 1.165) is 35.9 Å². The Morgan fingerprint density at radius 1 is 1.05 bits per heavy atom. The lowest BCUT2D eigenvalue weighted by atomic mass is 10.2. The standard InChI is InChI=1S/C14H19N5/c1-3-6-15-13-7-14(19-10-18-13)17-9-12-5-4-11(2)16-8-12/h4-5,7-8,10H,3,6,9H2,1-2H3,(H2,15,17,18,19). The molecule has 0 spiro atoms. The van der Waals surface area contributed by atoms with Crippen LogP contribution in [0.1, 0.15) is 24.6 Å². The molecule has 100 valence electrons. The van der Waals surface area contributed by atoms with Crippen LogP contribution in [0, 0.1) is 6.92 Å². The van der Waals surface area contributed by atoms with Crippen LogP contribution in [0.2, 0.25) is 0 Å². The molecule has 0 aromatic carbocycles. The Morgan fingerprint density at radius 2 is 1.84 bits per heavy atom. The van der Waals surface area contributed by atoms with Gasteiger partial charge < -0.3 is 10.6 Å². The molecule has 0 amide bonds. The van der Waals surface area contributed by atoms with E-state index in [2.05, 4.69) is 38.6 Å². The van der Waals surface area contributed by atoms with Crippen molar-refractivity contribution in [3.8, 4) is 0 Å². The van der Waals surface area contributed by atoms with E-state index in [9.17, 15) is 0 Å². The minimum Gasteiger partial charge on any atom is -0.370 e. The molecule has 5 nitrogen and oxygen atoms in total. The number of hydrogen-bond donors (Lipinski definition) is 2. The van der Waals surface area contributed by atoms with Crippen molar-refractivity contribution in [3.05, 3.63) is 42.0 Å². The minimum absolute atomic E-state index is 0.706. The minimum atomic E-state index is 0.706. The summed E-state index contributed by atoms with van der Waals surface area (Å²) in [6, 6.07) is 5.98. The Bertz CT molecular complexity index is 509. The molecule has 0 radical (unpaired) electrons. The normalized spacial score (nSPS) is 10.2. The summed E-state index contributed by atoms with van der Waals surface area (Å²) in [5.41, 5.74) is 2.16. The summed E-state index contributed by atoms with van der Waals surface area (Å²) in [5.74, 6) is 1.66. The Labute approximate surface area is 113 Å². The molecule has 2 aromatic heterocycles. The number of rotatable bonds is 6. The second-order valence-corrected chi connectivity index (χ2v) is 4.38. The van der Waals surface area contributed by atoms with E-state index in [1.807, 2.05) is 25.3 Å². The fraction of sp³-hybridized carbons (Fsp3) is 0.357. The van der Waals surface area contributed by atoms with Crippen LogP contribution in [-0.4, -0.2) is 21.5 Å². The summed E-state index contributed by atoms with van der Waals surface area (Å²) in [7, 11) is 0. The highest BCUT2D eigenvalue weighted by Gasteiger charge is 1.98. The van der Waals surface area contributed by atoms with E-state index in [1.54, 1.807) is 6.33 Å². The van der Waals surface area contributed by atoms with Gasteiger partial charge in [-0.15, -0.1) is 0 Å². The first kappa shape index (κ1) is 13.3. The van der Waals surface area contributed by atoms with Gasteiger partial charge in [-0.25, -0.2) is 9.97 Å². The third-order valence-electron chi connectivity index (χ3n) is 2.67. The quantitative estimate of drug-likeness (QED) is 0.833. The number of aryl methyl sites for hydroxylation is 1. The number of pyridine rings is 1. The van der Waals surface area contributed by atoms with E-state index in [-0.39, 0.29) is 0 Å². The highest BCUT2D eigenvalue weighted by atomic mass is 15.1. The van der Waals surface area contributed by atoms with E-state index < -0.39 is 0 Å². The summed E-state index contributed by atoms with van der Waals surface area (Å²) in [6.07, 6.45) is 4.51. The summed E-state index contributed by atoms with van der Waals surface area (Å²) >= 11 is 0. The van der Waals surface area contributed by atoms with Crippen molar-refractivity contribution in [1.82, 2.24) is 15.0 Å². The fourth-order valence-corrected chi connectivity index (χ4v) is 1.60. The predicted molar refractivity (Wildman–Crippen MR) is 77.1 cm³/mol. The summed E-state index contributed by atoms with van der Waals surface area (Å²) in [4.78, 5) is 12.6. The largest absolute Gasteiger partial charge is 0.370 e. The number of hydrogen-bond acceptors (Lipinski definition) is 5. The zero-order valence-electron chi connectivity index (χ0n) is 11.3. The first-order chi connectivity index (χ1) is 9.28. The van der Waals surface area contributed by atoms with Gasteiger partial charge in [0.15, 0.2) is 0 Å². The van der Waals surface area contributed by atoms with Gasteiger partial charge in [0.1, 0.15) is 18.0 Å². The zero-order valence-corrected chi connectivity index (χ0v) is 11.3. The van der Waals surface area contributed by atoms with Crippen molar-refractivity contribution < 1.29 is 0 Å². The molecule has 0 bridgehead atoms. The molecule has 0 saturated carbocycles. The molecular formula is C14H19N5. The van der Waals surface area contributed by atoms with Crippen molar-refractivity contribution in [2.75, 3.05) is 17.2 Å². The molecule has 0 fully saturated rings. The Kier molecular flexibility index (Phi) is 4.66. The number of nitrogens with one attached hydrogen (secondary N) is 2. The Morgan fingerprint density at radius 3 is 2.53 bits per heavy atom. The number of nitrogens with zero attached hydrogens (tertiary/aromatic N) is 3. The van der Waals surface area contributed by atoms with Crippen molar-refractivity contribution in [2.45, 2.75) is 26.8 Å². The lowest BCUT2D eigenvalue weighted by Gasteiger charge is -2.08. The van der Waals surface area contributed by atoms with Crippen molar-refractivity contribution in [3.63, 3.8) is 0 Å². The molecule has 0 aliphatic heterocycles. The van der Waals surface area contributed by atoms with Gasteiger partial charge in [-0.2, -0.15) is 0 Å². The van der Waals surface area contributed by atoms with Crippen LogP contribution < -0.4 is 10.6 Å². The van der Waals surface area contributed by atoms with E-state index in [0.29, 0.717) is 6.54 Å². The van der Waals surface area contributed by atoms with Gasteiger partial charge >= 0.3 is 0 Å². The van der Waals surface area contributed by atoms with Crippen LogP contribution in [0.4, 0.5) is 11.6 Å². The molecule has 2 heterocycles. The monoisotopic (exact) mass is 257 g/mol. The van der Waals surface area contributed by atoms with Gasteiger partial charge in [0.05, 0.1) is 0 Å². The van der Waals surface area contributed by atoms with Gasteiger partial charge in [-0.3, -0.25) is 4.98 Å². The van der Waals surface area contributed by atoms with Crippen LogP contribution >= 0.6 is 0 Å². The van der Waals surface area contributed by atoms with Crippen molar-refractivity contribution in [1.29, 1.82) is 0 Å². The van der Waals surface area contributed by atoms with Crippen molar-refractivity contribution in [2.24, 2.45) is 0 Å². The maximum absolute atomic E-state index is 4.26. The van der Waals surface area contributed by atoms with E-state index in [4.69, 9.17) is 0 Å². The molecular weight excluding hydrogens is 238 g/mol. The molecule has 19 heavy (non-hydrogen) atoms. The second kappa shape index (κ2) is 6.68. The van der Waals surface area contributed by atoms with E-state index in [1.165, 1.54) is 0 Å². The molecule has 2 N–H and O–H groups in total. The highest BCUT2D eigenvalue weighted by Crippen LogP contribution is 2.10. The highest BCUT2D eigenvalue weighted by molar-refractivity contribution is 5.46. The summed E-state index contributed by atoms with van der Waals surface area (Å²) in [5, 5.41) is 6.50. The van der Waals surface area contributed by atoms with Crippen LogP contribution in [0.3, 0.4) is 0 Å². The molecule has 0 saturated heterocycles. The SMILES string of the molecule is CCCNc1cc(NCc2ccc(C)nc2)ncn1. The predicted octanol–water partition coefficient (Wildman–Crippen LogP) is 2.61. The molecule has 0 atom stereocenters. The van der Waals surface area contributed by atoms with Crippen LogP contribution in [0.15, 0.2) is 30.7 Å². The number of anilines is 2. The van der Waals surface area contributed by atoms with Gasteiger partial charge in [-0.05, 0) is 25.0 Å². The Balaban J connectivity index is 1.93. The maximum Gasteiger partial charge on any atom is 0.131 e. The van der Waals surface area contributed by atoms with Gasteiger partial charge in [0.25, 0.3) is 0 Å². The average Bonchev–Trinajstić information content (AvgIpc) is 2.45. The third-order valence-corrected chi connectivity index (χ3v) is 2.67. The van der Waals surface area contributed by atoms with Crippen LogP contribution in [0.25, 0.3) is 0 Å². The van der Waals surface area contributed by atoms with Gasteiger partial charge in [0, 0.05) is 31.0 Å². The molecule has 0 aliphatic carbocycles. The summed E-state index contributed by atoms with van der Waals surface area (Å²) in [6.45, 7) is 5.72. The first-order valence-electron chi connectivity index (χ1n) is 6.49. The topological polar surface area (TPSA) is 62.7 Å². The molecule has 0 aliphatic rings. The van der Waals surface area contributed by atoms with Crippen LogP contribution in [0.5, 0.6) is 0 Å². The average molecular weight is 257 g/mol. The fourth-order valence-electron chi connectivity index (χ4n) is 1.60. The molecule has 2 aromatic rings. The van der Waals surface area contributed by atoms with Gasteiger partial charge in [-0.1, -0.05) is 13.0 Å². The first-order valence-corrected chi connectivity index (χ1v) is 6.49. The van der Waals surface area contributed by atoms with E-state index >= 15 is 0 Å². The maximum atomic E-state index is 4.26. The second-order valence-electron chi connectivity index (χ2n) is 4.38. The third kappa shape index (κ3) is 4.21. The Hall–Kier alpha value is -2.17. The molecule has 5 heteroatoms. The lowest BCUT2D eigenvalue weighted by Crippen LogP contribution is -2.05.